The van der Waals surface area contributed by atoms with Crippen molar-refractivity contribution in [1.82, 2.24) is 14.8 Å². The van der Waals surface area contributed by atoms with E-state index in [2.05, 4.69) is 15.4 Å². The van der Waals surface area contributed by atoms with Crippen LogP contribution in [0, 0.1) is 24.4 Å². The first-order valence-electron chi connectivity index (χ1n) is 8.92. The van der Waals surface area contributed by atoms with Crippen LogP contribution in [0.4, 0.5) is 18.3 Å². The van der Waals surface area contributed by atoms with Crippen LogP contribution in [0.3, 0.4) is 0 Å². The summed E-state index contributed by atoms with van der Waals surface area (Å²) in [7, 11) is 0. The summed E-state index contributed by atoms with van der Waals surface area (Å²) in [6, 6.07) is 9.85. The Morgan fingerprint density at radius 1 is 1.07 bits per heavy atom. The Labute approximate surface area is 173 Å². The van der Waals surface area contributed by atoms with Gasteiger partial charge in [-0.15, -0.1) is 11.3 Å². The van der Waals surface area contributed by atoms with Crippen molar-refractivity contribution in [2.45, 2.75) is 13.3 Å². The van der Waals surface area contributed by atoms with Gasteiger partial charge in [-0.25, -0.2) is 22.8 Å². The number of para-hydroxylation sites is 1. The van der Waals surface area contributed by atoms with E-state index in [1.165, 1.54) is 34.3 Å². The average molecular weight is 428 g/mol. The smallest absolute Gasteiger partial charge is 0.260 e. The number of hydrogen-bond acceptors (Lipinski definition) is 4. The molecular weight excluding hydrogens is 413 g/mol. The van der Waals surface area contributed by atoms with Crippen LogP contribution in [0.2, 0.25) is 0 Å². The maximum absolute atomic E-state index is 14.0. The fourth-order valence-electron chi connectivity index (χ4n) is 2.96. The lowest BCUT2D eigenvalue weighted by Crippen LogP contribution is -2.13. The van der Waals surface area contributed by atoms with Gasteiger partial charge >= 0.3 is 0 Å². The molecule has 0 saturated carbocycles. The highest BCUT2D eigenvalue weighted by Crippen LogP contribution is 2.23. The molecule has 0 atom stereocenters. The van der Waals surface area contributed by atoms with Gasteiger partial charge in [0.05, 0.1) is 17.5 Å². The van der Waals surface area contributed by atoms with Crippen molar-refractivity contribution >= 4 is 22.4 Å². The number of thiazole rings is 1. The minimum atomic E-state index is -0.909. The molecule has 1 N–H and O–H groups in total. The molecule has 1 amide bonds. The number of carbonyl (C=O) groups excluding carboxylic acids is 1. The lowest BCUT2D eigenvalue weighted by Gasteiger charge is -2.06. The third-order valence-electron chi connectivity index (χ3n) is 4.47. The van der Waals surface area contributed by atoms with E-state index in [0.717, 1.165) is 17.0 Å². The fraction of sp³-hybridized carbons (Fsp3) is 0.0952. The molecule has 0 radical (unpaired) electrons. The number of carbonyl (C=O) groups is 1. The quantitative estimate of drug-likeness (QED) is 0.492. The van der Waals surface area contributed by atoms with E-state index in [1.54, 1.807) is 31.3 Å². The molecule has 0 fully saturated rings. The van der Waals surface area contributed by atoms with Gasteiger partial charge in [-0.05, 0) is 36.8 Å². The van der Waals surface area contributed by atoms with Crippen LogP contribution in [0.25, 0.3) is 5.69 Å². The Balaban J connectivity index is 1.49. The summed E-state index contributed by atoms with van der Waals surface area (Å²) in [5.74, 6) is -2.68. The van der Waals surface area contributed by atoms with Gasteiger partial charge in [-0.1, -0.05) is 18.2 Å². The standard InChI is InChI=1S/C21H15F3N4OS/c1-12-15(11-26-28(12)19-5-3-2-4-17(19)23)20(29)27-21-25-10-14(30-21)8-13-6-7-16(22)18(24)9-13/h2-7,9-11H,8H2,1H3,(H,25,27,29). The minimum Gasteiger partial charge on any atom is -0.298 e. The van der Waals surface area contributed by atoms with E-state index in [1.807, 2.05) is 0 Å². The van der Waals surface area contributed by atoms with Gasteiger partial charge in [-0.3, -0.25) is 10.1 Å². The number of anilines is 1. The lowest BCUT2D eigenvalue weighted by molar-refractivity contribution is 0.102. The third kappa shape index (κ3) is 3.97. The predicted molar refractivity (Wildman–Crippen MR) is 107 cm³/mol. The molecule has 0 aliphatic heterocycles. The van der Waals surface area contributed by atoms with E-state index in [4.69, 9.17) is 0 Å². The fourth-order valence-corrected chi connectivity index (χ4v) is 3.80. The normalized spacial score (nSPS) is 10.9. The van der Waals surface area contributed by atoms with E-state index in [-0.39, 0.29) is 11.3 Å². The molecule has 9 heteroatoms. The SMILES string of the molecule is Cc1c(C(=O)Nc2ncc(Cc3ccc(F)c(F)c3)s2)cnn1-c1ccccc1F. The zero-order chi connectivity index (χ0) is 21.3. The number of rotatable bonds is 5. The van der Waals surface area contributed by atoms with Gasteiger partial charge in [0.1, 0.15) is 11.5 Å². The number of benzene rings is 2. The first-order chi connectivity index (χ1) is 14.4. The zero-order valence-corrected chi connectivity index (χ0v) is 16.5. The summed E-state index contributed by atoms with van der Waals surface area (Å²) in [5, 5.41) is 7.17. The highest BCUT2D eigenvalue weighted by molar-refractivity contribution is 7.15. The van der Waals surface area contributed by atoms with Gasteiger partial charge in [0, 0.05) is 17.5 Å². The number of nitrogens with one attached hydrogen (secondary N) is 1. The van der Waals surface area contributed by atoms with Crippen molar-refractivity contribution in [3.05, 3.63) is 94.0 Å². The molecule has 30 heavy (non-hydrogen) atoms. The second-order valence-electron chi connectivity index (χ2n) is 6.52. The largest absolute Gasteiger partial charge is 0.298 e. The summed E-state index contributed by atoms with van der Waals surface area (Å²) in [4.78, 5) is 17.6. The van der Waals surface area contributed by atoms with Crippen molar-refractivity contribution in [1.29, 1.82) is 0 Å². The molecule has 2 aromatic carbocycles. The van der Waals surface area contributed by atoms with Gasteiger partial charge in [-0.2, -0.15) is 5.10 Å². The Hall–Kier alpha value is -3.46. The number of aromatic nitrogens is 3. The first kappa shape index (κ1) is 19.8. The predicted octanol–water partition coefficient (Wildman–Crippen LogP) is 4.90. The first-order valence-corrected chi connectivity index (χ1v) is 9.73. The molecular formula is C21H15F3N4OS. The average Bonchev–Trinajstić information content (AvgIpc) is 3.31. The molecule has 0 unspecified atom stereocenters. The van der Waals surface area contributed by atoms with Crippen molar-refractivity contribution in [2.24, 2.45) is 0 Å². The number of amides is 1. The Bertz CT molecular complexity index is 1230. The molecule has 5 nitrogen and oxygen atoms in total. The van der Waals surface area contributed by atoms with E-state index in [9.17, 15) is 18.0 Å². The van der Waals surface area contributed by atoms with Gasteiger partial charge in [0.25, 0.3) is 5.91 Å². The van der Waals surface area contributed by atoms with Crippen LogP contribution in [0.1, 0.15) is 26.5 Å². The van der Waals surface area contributed by atoms with Crippen LogP contribution < -0.4 is 5.32 Å². The highest BCUT2D eigenvalue weighted by atomic mass is 32.1. The zero-order valence-electron chi connectivity index (χ0n) is 15.7. The monoisotopic (exact) mass is 428 g/mol. The maximum atomic E-state index is 14.0. The lowest BCUT2D eigenvalue weighted by atomic mass is 10.1. The Kier molecular flexibility index (Phi) is 5.37. The topological polar surface area (TPSA) is 59.8 Å². The van der Waals surface area contributed by atoms with Crippen LogP contribution in [-0.2, 0) is 6.42 Å². The highest BCUT2D eigenvalue weighted by Gasteiger charge is 2.18. The van der Waals surface area contributed by atoms with E-state index in [0.29, 0.717) is 22.8 Å². The molecule has 0 spiro atoms. The van der Waals surface area contributed by atoms with Crippen LogP contribution in [-0.4, -0.2) is 20.7 Å². The van der Waals surface area contributed by atoms with Crippen LogP contribution >= 0.6 is 11.3 Å². The molecule has 0 aliphatic carbocycles. The van der Waals surface area contributed by atoms with Crippen molar-refractivity contribution in [2.75, 3.05) is 5.32 Å². The number of halogens is 3. The molecule has 4 rings (SSSR count). The molecule has 4 aromatic rings. The minimum absolute atomic E-state index is 0.247. The van der Waals surface area contributed by atoms with E-state index < -0.39 is 23.4 Å². The number of nitrogens with zero attached hydrogens (tertiary/aromatic N) is 3. The Morgan fingerprint density at radius 3 is 2.63 bits per heavy atom. The molecule has 0 bridgehead atoms. The second kappa shape index (κ2) is 8.11. The summed E-state index contributed by atoms with van der Waals surface area (Å²) < 4.78 is 41.8. The molecule has 2 aromatic heterocycles. The third-order valence-corrected chi connectivity index (χ3v) is 5.38. The second-order valence-corrected chi connectivity index (χ2v) is 7.63. The molecule has 152 valence electrons. The summed E-state index contributed by atoms with van der Waals surface area (Å²) in [6.07, 6.45) is 3.29. The molecule has 0 saturated heterocycles. The summed E-state index contributed by atoms with van der Waals surface area (Å²) in [6.45, 7) is 1.67. The van der Waals surface area contributed by atoms with Gasteiger partial charge in [0.15, 0.2) is 16.8 Å². The van der Waals surface area contributed by atoms with Crippen LogP contribution in [0.5, 0.6) is 0 Å². The van der Waals surface area contributed by atoms with Crippen molar-refractivity contribution < 1.29 is 18.0 Å². The summed E-state index contributed by atoms with van der Waals surface area (Å²) >= 11 is 1.23. The van der Waals surface area contributed by atoms with Crippen LogP contribution in [0.15, 0.2) is 54.9 Å². The van der Waals surface area contributed by atoms with Crippen molar-refractivity contribution in [3.63, 3.8) is 0 Å². The molecule has 2 heterocycles. The van der Waals surface area contributed by atoms with Gasteiger partial charge in [0.2, 0.25) is 0 Å². The van der Waals surface area contributed by atoms with Gasteiger partial charge < -0.3 is 0 Å². The summed E-state index contributed by atoms with van der Waals surface area (Å²) in [5.41, 5.74) is 1.61. The number of hydrogen-bond donors (Lipinski definition) is 1. The Morgan fingerprint density at radius 2 is 1.87 bits per heavy atom. The molecule has 0 aliphatic rings. The maximum Gasteiger partial charge on any atom is 0.260 e. The van der Waals surface area contributed by atoms with E-state index >= 15 is 0 Å². The van der Waals surface area contributed by atoms with Crippen molar-refractivity contribution in [3.8, 4) is 5.69 Å².